The second kappa shape index (κ2) is 4.80. The SMILES string of the molecule is Brc1cccc2oc(CN3CCOCC3)cc12. The summed E-state index contributed by atoms with van der Waals surface area (Å²) in [6, 6.07) is 8.16. The fraction of sp³-hybridized carbons (Fsp3) is 0.385. The molecule has 0 unspecified atom stereocenters. The Hall–Kier alpha value is -0.840. The molecule has 0 amide bonds. The molecule has 1 saturated heterocycles. The van der Waals surface area contributed by atoms with Crippen LogP contribution in [-0.2, 0) is 11.3 Å². The minimum atomic E-state index is 0.823. The Morgan fingerprint density at radius 1 is 1.24 bits per heavy atom. The molecule has 0 atom stereocenters. The van der Waals surface area contributed by atoms with E-state index in [1.807, 2.05) is 18.2 Å². The van der Waals surface area contributed by atoms with Crippen molar-refractivity contribution in [3.63, 3.8) is 0 Å². The van der Waals surface area contributed by atoms with E-state index < -0.39 is 0 Å². The van der Waals surface area contributed by atoms with Crippen LogP contribution in [0.3, 0.4) is 0 Å². The molecule has 0 N–H and O–H groups in total. The van der Waals surface area contributed by atoms with Gasteiger partial charge in [-0.05, 0) is 18.2 Å². The molecule has 4 heteroatoms. The standard InChI is InChI=1S/C13H14BrNO2/c14-12-2-1-3-13-11(12)8-10(17-13)9-15-4-6-16-7-5-15/h1-3,8H,4-7,9H2. The Balaban J connectivity index is 1.83. The van der Waals surface area contributed by atoms with Crippen LogP contribution in [-0.4, -0.2) is 31.2 Å². The summed E-state index contributed by atoms with van der Waals surface area (Å²) in [5, 5.41) is 1.15. The smallest absolute Gasteiger partial charge is 0.135 e. The number of rotatable bonds is 2. The fourth-order valence-corrected chi connectivity index (χ4v) is 2.60. The van der Waals surface area contributed by atoms with Gasteiger partial charge in [-0.1, -0.05) is 22.0 Å². The summed E-state index contributed by atoms with van der Waals surface area (Å²) in [6.45, 7) is 4.48. The quantitative estimate of drug-likeness (QED) is 0.852. The number of nitrogens with zero attached hydrogens (tertiary/aromatic N) is 1. The summed E-state index contributed by atoms with van der Waals surface area (Å²) < 4.78 is 12.3. The van der Waals surface area contributed by atoms with Gasteiger partial charge in [0.25, 0.3) is 0 Å². The van der Waals surface area contributed by atoms with E-state index in [4.69, 9.17) is 9.15 Å². The van der Waals surface area contributed by atoms with Gasteiger partial charge in [-0.25, -0.2) is 0 Å². The van der Waals surface area contributed by atoms with Crippen molar-refractivity contribution >= 4 is 26.9 Å². The van der Waals surface area contributed by atoms with Gasteiger partial charge in [-0.3, -0.25) is 4.90 Å². The van der Waals surface area contributed by atoms with Crippen LogP contribution in [0.4, 0.5) is 0 Å². The van der Waals surface area contributed by atoms with Crippen LogP contribution in [0.2, 0.25) is 0 Å². The predicted molar refractivity (Wildman–Crippen MR) is 70.0 cm³/mol. The molecule has 0 saturated carbocycles. The second-order valence-electron chi connectivity index (χ2n) is 4.25. The molecule has 3 rings (SSSR count). The Morgan fingerprint density at radius 3 is 2.82 bits per heavy atom. The molecule has 1 aromatic heterocycles. The largest absolute Gasteiger partial charge is 0.460 e. The Kier molecular flexibility index (Phi) is 3.18. The van der Waals surface area contributed by atoms with E-state index in [0.29, 0.717) is 0 Å². The molecule has 90 valence electrons. The van der Waals surface area contributed by atoms with Gasteiger partial charge in [0.2, 0.25) is 0 Å². The minimum absolute atomic E-state index is 0.823. The van der Waals surface area contributed by atoms with Crippen molar-refractivity contribution in [3.8, 4) is 0 Å². The van der Waals surface area contributed by atoms with Crippen molar-refractivity contribution in [1.29, 1.82) is 0 Å². The maximum absolute atomic E-state index is 5.84. The van der Waals surface area contributed by atoms with Gasteiger partial charge in [0.15, 0.2) is 0 Å². The van der Waals surface area contributed by atoms with Crippen LogP contribution in [0.1, 0.15) is 5.76 Å². The molecule has 1 aliphatic rings. The summed E-state index contributed by atoms with van der Waals surface area (Å²) >= 11 is 3.54. The van der Waals surface area contributed by atoms with Gasteiger partial charge in [0.05, 0.1) is 19.8 Å². The van der Waals surface area contributed by atoms with Gasteiger partial charge in [0, 0.05) is 22.9 Å². The number of ether oxygens (including phenoxy) is 1. The van der Waals surface area contributed by atoms with Crippen LogP contribution < -0.4 is 0 Å². The lowest BCUT2D eigenvalue weighted by atomic mass is 10.2. The maximum atomic E-state index is 5.84. The average molecular weight is 296 g/mol. The molecule has 17 heavy (non-hydrogen) atoms. The number of furan rings is 1. The highest BCUT2D eigenvalue weighted by atomic mass is 79.9. The fourth-order valence-electron chi connectivity index (χ4n) is 2.14. The normalized spacial score (nSPS) is 17.7. The highest BCUT2D eigenvalue weighted by molar-refractivity contribution is 9.10. The lowest BCUT2D eigenvalue weighted by molar-refractivity contribution is 0.0315. The number of fused-ring (bicyclic) bond motifs is 1. The van der Waals surface area contributed by atoms with Gasteiger partial charge >= 0.3 is 0 Å². The molecule has 1 aliphatic heterocycles. The maximum Gasteiger partial charge on any atom is 0.135 e. The lowest BCUT2D eigenvalue weighted by Gasteiger charge is -2.25. The van der Waals surface area contributed by atoms with Crippen LogP contribution in [0.25, 0.3) is 11.0 Å². The van der Waals surface area contributed by atoms with Crippen molar-refractivity contribution in [1.82, 2.24) is 4.90 Å². The monoisotopic (exact) mass is 295 g/mol. The van der Waals surface area contributed by atoms with E-state index in [1.54, 1.807) is 0 Å². The molecule has 2 aromatic rings. The Labute approximate surface area is 108 Å². The number of halogens is 1. The van der Waals surface area contributed by atoms with E-state index in [0.717, 1.165) is 54.1 Å². The zero-order chi connectivity index (χ0) is 11.7. The number of benzene rings is 1. The molecule has 0 radical (unpaired) electrons. The molecule has 1 fully saturated rings. The van der Waals surface area contributed by atoms with Crippen molar-refractivity contribution in [3.05, 3.63) is 34.5 Å². The first-order chi connectivity index (χ1) is 8.33. The first-order valence-corrected chi connectivity index (χ1v) is 6.59. The number of hydrogen-bond donors (Lipinski definition) is 0. The van der Waals surface area contributed by atoms with Crippen molar-refractivity contribution in [2.24, 2.45) is 0 Å². The van der Waals surface area contributed by atoms with Crippen molar-refractivity contribution < 1.29 is 9.15 Å². The predicted octanol–water partition coefficient (Wildman–Crippen LogP) is 3.03. The third-order valence-electron chi connectivity index (χ3n) is 3.04. The van der Waals surface area contributed by atoms with Gasteiger partial charge in [-0.2, -0.15) is 0 Å². The van der Waals surface area contributed by atoms with E-state index in [9.17, 15) is 0 Å². The number of hydrogen-bond acceptors (Lipinski definition) is 3. The van der Waals surface area contributed by atoms with E-state index in [1.165, 1.54) is 0 Å². The van der Waals surface area contributed by atoms with E-state index in [2.05, 4.69) is 26.9 Å². The van der Waals surface area contributed by atoms with Crippen molar-refractivity contribution in [2.75, 3.05) is 26.3 Å². The Bertz CT molecular complexity index is 517. The summed E-state index contributed by atoms with van der Waals surface area (Å²) in [5.41, 5.74) is 0.947. The highest BCUT2D eigenvalue weighted by Crippen LogP contribution is 2.27. The highest BCUT2D eigenvalue weighted by Gasteiger charge is 2.13. The van der Waals surface area contributed by atoms with Crippen LogP contribution in [0.15, 0.2) is 33.2 Å². The van der Waals surface area contributed by atoms with Gasteiger partial charge in [0.1, 0.15) is 11.3 Å². The average Bonchev–Trinajstić information content (AvgIpc) is 2.74. The van der Waals surface area contributed by atoms with E-state index in [-0.39, 0.29) is 0 Å². The van der Waals surface area contributed by atoms with Crippen LogP contribution in [0.5, 0.6) is 0 Å². The number of morpholine rings is 1. The molecular formula is C13H14BrNO2. The summed E-state index contributed by atoms with van der Waals surface area (Å²) in [5.74, 6) is 1.02. The Morgan fingerprint density at radius 2 is 2.06 bits per heavy atom. The van der Waals surface area contributed by atoms with Crippen LogP contribution in [0, 0.1) is 0 Å². The molecular weight excluding hydrogens is 282 g/mol. The van der Waals surface area contributed by atoms with Gasteiger partial charge < -0.3 is 9.15 Å². The molecule has 0 aliphatic carbocycles. The van der Waals surface area contributed by atoms with Gasteiger partial charge in [-0.15, -0.1) is 0 Å². The zero-order valence-electron chi connectivity index (χ0n) is 9.49. The first kappa shape index (κ1) is 11.3. The topological polar surface area (TPSA) is 25.6 Å². The molecule has 3 nitrogen and oxygen atoms in total. The minimum Gasteiger partial charge on any atom is -0.460 e. The lowest BCUT2D eigenvalue weighted by Crippen LogP contribution is -2.35. The molecule has 2 heterocycles. The third kappa shape index (κ3) is 2.39. The molecule has 0 bridgehead atoms. The van der Waals surface area contributed by atoms with Crippen molar-refractivity contribution in [2.45, 2.75) is 6.54 Å². The summed E-state index contributed by atoms with van der Waals surface area (Å²) in [7, 11) is 0. The summed E-state index contributed by atoms with van der Waals surface area (Å²) in [4.78, 5) is 2.36. The molecule has 1 aromatic carbocycles. The summed E-state index contributed by atoms with van der Waals surface area (Å²) in [6.07, 6.45) is 0. The molecule has 0 spiro atoms. The van der Waals surface area contributed by atoms with E-state index >= 15 is 0 Å². The van der Waals surface area contributed by atoms with Crippen LogP contribution >= 0.6 is 15.9 Å². The second-order valence-corrected chi connectivity index (χ2v) is 5.11. The first-order valence-electron chi connectivity index (χ1n) is 5.80. The third-order valence-corrected chi connectivity index (χ3v) is 3.73. The zero-order valence-corrected chi connectivity index (χ0v) is 11.1.